The molecule has 1 aliphatic heterocycles. The lowest BCUT2D eigenvalue weighted by Crippen LogP contribution is -2.40. The van der Waals surface area contributed by atoms with E-state index in [1.807, 2.05) is 24.3 Å². The van der Waals surface area contributed by atoms with Crippen molar-refractivity contribution in [3.05, 3.63) is 29.8 Å². The van der Waals surface area contributed by atoms with Crippen molar-refractivity contribution in [2.75, 3.05) is 31.6 Å². The van der Waals surface area contributed by atoms with Gasteiger partial charge in [-0.2, -0.15) is 10.5 Å². The smallest absolute Gasteiger partial charge is 0.101 e. The van der Waals surface area contributed by atoms with Crippen LogP contribution in [0.4, 0.5) is 5.69 Å². The summed E-state index contributed by atoms with van der Waals surface area (Å²) in [4.78, 5) is 4.53. The number of rotatable bonds is 2. The molecule has 1 fully saturated rings. The molecule has 2 rings (SSSR count). The van der Waals surface area contributed by atoms with Crippen LogP contribution in [0.25, 0.3) is 0 Å². The number of anilines is 1. The van der Waals surface area contributed by atoms with Crippen LogP contribution in [0.1, 0.15) is 18.9 Å². The Bertz CT molecular complexity index is 540. The summed E-state index contributed by atoms with van der Waals surface area (Å²) in [5.74, 6) is 0.510. The minimum absolute atomic E-state index is 0.143. The number of hydrogen-bond acceptors (Lipinski definition) is 4. The van der Waals surface area contributed by atoms with Crippen molar-refractivity contribution in [2.24, 2.45) is 5.92 Å². The van der Waals surface area contributed by atoms with Crippen molar-refractivity contribution >= 4 is 5.69 Å². The Hall–Kier alpha value is -2.04. The highest BCUT2D eigenvalue weighted by atomic mass is 15.2. The number of benzene rings is 1. The molecule has 0 spiro atoms. The van der Waals surface area contributed by atoms with Gasteiger partial charge < -0.3 is 9.80 Å². The van der Waals surface area contributed by atoms with Crippen molar-refractivity contribution < 1.29 is 0 Å². The minimum Gasteiger partial charge on any atom is -0.365 e. The molecule has 0 radical (unpaired) electrons. The van der Waals surface area contributed by atoms with E-state index in [1.54, 1.807) is 0 Å². The van der Waals surface area contributed by atoms with Gasteiger partial charge in [0.15, 0.2) is 0 Å². The van der Waals surface area contributed by atoms with E-state index in [-0.39, 0.29) is 6.04 Å². The molecule has 20 heavy (non-hydrogen) atoms. The van der Waals surface area contributed by atoms with Crippen molar-refractivity contribution in [3.8, 4) is 12.1 Å². The molecule has 0 N–H and O–H groups in total. The molecule has 2 unspecified atom stereocenters. The highest BCUT2D eigenvalue weighted by Crippen LogP contribution is 2.26. The van der Waals surface area contributed by atoms with Crippen molar-refractivity contribution in [1.82, 2.24) is 4.90 Å². The molecule has 0 aliphatic carbocycles. The molecule has 4 nitrogen and oxygen atoms in total. The Morgan fingerprint density at radius 1 is 1.20 bits per heavy atom. The van der Waals surface area contributed by atoms with Gasteiger partial charge in [0.05, 0.1) is 29.8 Å². The molecule has 0 bridgehead atoms. The monoisotopic (exact) mass is 268 g/mol. The van der Waals surface area contributed by atoms with Gasteiger partial charge in [0, 0.05) is 19.6 Å². The van der Waals surface area contributed by atoms with Gasteiger partial charge in [0.1, 0.15) is 6.07 Å². The molecule has 0 saturated carbocycles. The molecule has 4 heteroatoms. The number of nitriles is 2. The summed E-state index contributed by atoms with van der Waals surface area (Å²) >= 11 is 0. The molecule has 104 valence electrons. The zero-order valence-electron chi connectivity index (χ0n) is 12.1. The average molecular weight is 268 g/mol. The second kappa shape index (κ2) is 6.41. The number of hydrogen-bond donors (Lipinski definition) is 0. The molecule has 1 aromatic carbocycles. The van der Waals surface area contributed by atoms with Crippen LogP contribution in [-0.4, -0.2) is 37.6 Å². The van der Waals surface area contributed by atoms with Crippen LogP contribution < -0.4 is 4.90 Å². The fraction of sp³-hybridized carbons (Fsp3) is 0.500. The summed E-state index contributed by atoms with van der Waals surface area (Å²) in [7, 11) is 2.10. The summed E-state index contributed by atoms with van der Waals surface area (Å²) in [6, 6.07) is 12.4. The first-order valence-electron chi connectivity index (χ1n) is 6.97. The lowest BCUT2D eigenvalue weighted by molar-refractivity contribution is 0.304. The van der Waals surface area contributed by atoms with E-state index in [4.69, 9.17) is 5.26 Å². The zero-order chi connectivity index (χ0) is 14.5. The van der Waals surface area contributed by atoms with Gasteiger partial charge in [-0.1, -0.05) is 19.1 Å². The standard InChI is InChI=1S/C16H20N4/c1-13-10-19(2)12-15(7-8-17)20(11-13)16-6-4-3-5-14(16)9-18/h3-6,13,15H,7,10-12H2,1-2H3. The molecular weight excluding hydrogens is 248 g/mol. The van der Waals surface area contributed by atoms with Crippen LogP contribution in [-0.2, 0) is 0 Å². The third-order valence-electron chi connectivity index (χ3n) is 3.76. The second-order valence-electron chi connectivity index (χ2n) is 5.62. The summed E-state index contributed by atoms with van der Waals surface area (Å²) in [6.07, 6.45) is 0.483. The van der Waals surface area contributed by atoms with E-state index in [0.29, 0.717) is 17.9 Å². The third kappa shape index (κ3) is 3.10. The van der Waals surface area contributed by atoms with E-state index < -0.39 is 0 Å². The van der Waals surface area contributed by atoms with E-state index in [9.17, 15) is 5.26 Å². The van der Waals surface area contributed by atoms with Gasteiger partial charge in [-0.05, 0) is 25.1 Å². The average Bonchev–Trinajstić information content (AvgIpc) is 2.57. The van der Waals surface area contributed by atoms with Gasteiger partial charge >= 0.3 is 0 Å². The molecule has 1 saturated heterocycles. The van der Waals surface area contributed by atoms with Crippen LogP contribution in [0.15, 0.2) is 24.3 Å². The lowest BCUT2D eigenvalue weighted by atomic mass is 10.1. The summed E-state index contributed by atoms with van der Waals surface area (Å²) in [6.45, 7) is 4.98. The van der Waals surface area contributed by atoms with Gasteiger partial charge in [-0.15, -0.1) is 0 Å². The molecule has 0 aromatic heterocycles. The van der Waals surface area contributed by atoms with E-state index >= 15 is 0 Å². The Kier molecular flexibility index (Phi) is 4.61. The number of para-hydroxylation sites is 1. The van der Waals surface area contributed by atoms with Gasteiger partial charge in [0.2, 0.25) is 0 Å². The van der Waals surface area contributed by atoms with E-state index in [2.05, 4.69) is 35.9 Å². The zero-order valence-corrected chi connectivity index (χ0v) is 12.1. The Morgan fingerprint density at radius 3 is 2.65 bits per heavy atom. The molecule has 1 heterocycles. The van der Waals surface area contributed by atoms with Crippen LogP contribution in [0.3, 0.4) is 0 Å². The van der Waals surface area contributed by atoms with Crippen molar-refractivity contribution in [3.63, 3.8) is 0 Å². The topological polar surface area (TPSA) is 54.1 Å². The maximum atomic E-state index is 9.30. The Balaban J connectivity index is 2.38. The summed E-state index contributed by atoms with van der Waals surface area (Å²) < 4.78 is 0. The van der Waals surface area contributed by atoms with Gasteiger partial charge in [0.25, 0.3) is 0 Å². The lowest BCUT2D eigenvalue weighted by Gasteiger charge is -2.32. The predicted octanol–water partition coefficient (Wildman–Crippen LogP) is 2.23. The fourth-order valence-electron chi connectivity index (χ4n) is 3.00. The first-order chi connectivity index (χ1) is 9.65. The molecule has 1 aromatic rings. The maximum Gasteiger partial charge on any atom is 0.101 e. The van der Waals surface area contributed by atoms with Crippen LogP contribution in [0.2, 0.25) is 0 Å². The van der Waals surface area contributed by atoms with Gasteiger partial charge in [-0.3, -0.25) is 0 Å². The normalized spacial score (nSPS) is 23.7. The molecular formula is C16H20N4. The Labute approximate surface area is 120 Å². The van der Waals surface area contributed by atoms with Gasteiger partial charge in [-0.25, -0.2) is 0 Å². The van der Waals surface area contributed by atoms with E-state index in [1.165, 1.54) is 0 Å². The molecule has 1 aliphatic rings. The quantitative estimate of drug-likeness (QED) is 0.825. The summed E-state index contributed by atoms with van der Waals surface area (Å²) in [5.41, 5.74) is 1.64. The highest BCUT2D eigenvalue weighted by molar-refractivity contribution is 5.60. The second-order valence-corrected chi connectivity index (χ2v) is 5.62. The van der Waals surface area contributed by atoms with Crippen molar-refractivity contribution in [2.45, 2.75) is 19.4 Å². The van der Waals surface area contributed by atoms with Crippen LogP contribution in [0, 0.1) is 28.6 Å². The first-order valence-corrected chi connectivity index (χ1v) is 6.97. The first kappa shape index (κ1) is 14.4. The van der Waals surface area contributed by atoms with E-state index in [0.717, 1.165) is 25.3 Å². The molecule has 0 amide bonds. The minimum atomic E-state index is 0.143. The predicted molar refractivity (Wildman–Crippen MR) is 79.2 cm³/mol. The highest BCUT2D eigenvalue weighted by Gasteiger charge is 2.27. The maximum absolute atomic E-state index is 9.30. The summed E-state index contributed by atoms with van der Waals surface area (Å²) in [5, 5.41) is 18.4. The largest absolute Gasteiger partial charge is 0.365 e. The third-order valence-corrected chi connectivity index (χ3v) is 3.76. The van der Waals surface area contributed by atoms with Crippen LogP contribution in [0.5, 0.6) is 0 Å². The van der Waals surface area contributed by atoms with Crippen LogP contribution >= 0.6 is 0 Å². The molecule has 2 atom stereocenters. The van der Waals surface area contributed by atoms with Crippen molar-refractivity contribution in [1.29, 1.82) is 10.5 Å². The number of nitrogens with zero attached hydrogens (tertiary/aromatic N) is 4. The number of likely N-dealkylation sites (N-methyl/N-ethyl adjacent to an activating group) is 1. The Morgan fingerprint density at radius 2 is 1.95 bits per heavy atom. The SMILES string of the molecule is CC1CN(C)CC(CC#N)N(c2ccccc2C#N)C1. The fourth-order valence-corrected chi connectivity index (χ4v) is 3.00.